The minimum Gasteiger partial charge on any atom is -0.250 e. The van der Waals surface area contributed by atoms with Gasteiger partial charge in [-0.3, -0.25) is 0 Å². The molecule has 0 N–H and O–H groups in total. The van der Waals surface area contributed by atoms with Crippen LogP contribution in [-0.4, -0.2) is 16.1 Å². The van der Waals surface area contributed by atoms with Crippen molar-refractivity contribution in [2.24, 2.45) is 4.99 Å². The summed E-state index contributed by atoms with van der Waals surface area (Å²) in [6.07, 6.45) is 0.962. The van der Waals surface area contributed by atoms with Crippen LogP contribution in [0.2, 0.25) is 0 Å². The zero-order valence-corrected chi connectivity index (χ0v) is 10.3. The second kappa shape index (κ2) is 6.36. The van der Waals surface area contributed by atoms with Crippen LogP contribution >= 0.6 is 10.9 Å². The molecule has 0 aliphatic rings. The summed E-state index contributed by atoms with van der Waals surface area (Å²) in [6, 6.07) is 10.3. The molecule has 0 saturated carbocycles. The fraction of sp³-hybridized carbons (Fsp3) is 0.308. The normalized spacial score (nSPS) is 11.0. The van der Waals surface area contributed by atoms with E-state index in [1.807, 2.05) is 23.7 Å². The van der Waals surface area contributed by atoms with Crippen molar-refractivity contribution >= 4 is 27.0 Å². The highest BCUT2D eigenvalue weighted by Crippen LogP contribution is 2.03. The first-order valence-corrected chi connectivity index (χ1v) is 6.02. The molecule has 0 aromatic heterocycles. The van der Waals surface area contributed by atoms with Gasteiger partial charge in [-0.05, 0) is 30.7 Å². The molecule has 1 aromatic rings. The second-order valence-electron chi connectivity index (χ2n) is 3.43. The van der Waals surface area contributed by atoms with E-state index >= 15 is 0 Å². The first-order valence-electron chi connectivity index (χ1n) is 5.14. The summed E-state index contributed by atoms with van der Waals surface area (Å²) in [7, 11) is 1.67. The van der Waals surface area contributed by atoms with Gasteiger partial charge in [0.25, 0.3) is 0 Å². The SMILES string of the molecule is CCC(=NC=S=C(C)C)c1ccccc1. The van der Waals surface area contributed by atoms with Gasteiger partial charge < -0.3 is 0 Å². The summed E-state index contributed by atoms with van der Waals surface area (Å²) in [5.41, 5.74) is 4.27. The van der Waals surface area contributed by atoms with E-state index in [0.717, 1.165) is 12.1 Å². The van der Waals surface area contributed by atoms with Gasteiger partial charge in [0, 0.05) is 5.71 Å². The molecule has 15 heavy (non-hydrogen) atoms. The van der Waals surface area contributed by atoms with E-state index in [2.05, 4.69) is 37.9 Å². The molecule has 0 bridgehead atoms. The molecule has 0 heterocycles. The van der Waals surface area contributed by atoms with E-state index in [-0.39, 0.29) is 0 Å². The fourth-order valence-electron chi connectivity index (χ4n) is 1.20. The van der Waals surface area contributed by atoms with Crippen molar-refractivity contribution in [1.82, 2.24) is 0 Å². The van der Waals surface area contributed by atoms with Crippen molar-refractivity contribution in [3.8, 4) is 0 Å². The zero-order chi connectivity index (χ0) is 11.1. The Hall–Kier alpha value is -1.15. The van der Waals surface area contributed by atoms with Gasteiger partial charge >= 0.3 is 0 Å². The molecular weight excluding hydrogens is 202 g/mol. The fourth-order valence-corrected chi connectivity index (χ4v) is 1.59. The summed E-state index contributed by atoms with van der Waals surface area (Å²) < 4.78 is 0. The van der Waals surface area contributed by atoms with Crippen molar-refractivity contribution in [2.75, 3.05) is 0 Å². The van der Waals surface area contributed by atoms with Crippen LogP contribution in [-0.2, 0) is 0 Å². The summed E-state index contributed by atoms with van der Waals surface area (Å²) in [5.74, 6) is 0. The molecule has 0 fully saturated rings. The van der Waals surface area contributed by atoms with Crippen LogP contribution < -0.4 is 0 Å². The number of benzene rings is 1. The Morgan fingerprint density at radius 3 is 2.47 bits per heavy atom. The summed E-state index contributed by atoms with van der Waals surface area (Å²) in [4.78, 5) is 5.79. The Bertz CT molecular complexity index is 394. The Morgan fingerprint density at radius 2 is 1.93 bits per heavy atom. The third kappa shape index (κ3) is 4.26. The van der Waals surface area contributed by atoms with Gasteiger partial charge in [0.05, 0.1) is 5.49 Å². The topological polar surface area (TPSA) is 12.4 Å². The van der Waals surface area contributed by atoms with E-state index < -0.39 is 0 Å². The lowest BCUT2D eigenvalue weighted by Crippen LogP contribution is -1.98. The predicted molar refractivity (Wildman–Crippen MR) is 73.3 cm³/mol. The maximum Gasteiger partial charge on any atom is 0.0793 e. The largest absolute Gasteiger partial charge is 0.250 e. The number of rotatable bonds is 3. The number of aliphatic imine (C=N–C) groups is 1. The van der Waals surface area contributed by atoms with Gasteiger partial charge in [-0.25, -0.2) is 4.99 Å². The summed E-state index contributed by atoms with van der Waals surface area (Å²) >= 11 is 0. The lowest BCUT2D eigenvalue weighted by molar-refractivity contribution is 1.28. The van der Waals surface area contributed by atoms with Gasteiger partial charge in [-0.15, -0.1) is 10.9 Å². The molecule has 1 nitrogen and oxygen atoms in total. The first-order chi connectivity index (χ1) is 7.24. The molecule has 1 rings (SSSR count). The molecule has 0 spiro atoms. The average Bonchev–Trinajstić information content (AvgIpc) is 2.25. The van der Waals surface area contributed by atoms with Gasteiger partial charge in [0.1, 0.15) is 0 Å². The smallest absolute Gasteiger partial charge is 0.0793 e. The predicted octanol–water partition coefficient (Wildman–Crippen LogP) is 3.59. The number of hydrogen-bond acceptors (Lipinski definition) is 0. The van der Waals surface area contributed by atoms with Crippen LogP contribution in [0.3, 0.4) is 0 Å². The van der Waals surface area contributed by atoms with Crippen LogP contribution in [0.15, 0.2) is 35.3 Å². The molecule has 0 saturated heterocycles. The molecule has 0 amide bonds. The zero-order valence-electron chi connectivity index (χ0n) is 9.53. The second-order valence-corrected chi connectivity index (χ2v) is 4.69. The molecule has 0 unspecified atom stereocenters. The van der Waals surface area contributed by atoms with Crippen molar-refractivity contribution in [1.29, 1.82) is 0 Å². The molecule has 0 radical (unpaired) electrons. The number of hydrogen-bond donors (Lipinski definition) is 0. The first kappa shape index (κ1) is 11.9. The third-order valence-electron chi connectivity index (χ3n) is 1.94. The van der Waals surface area contributed by atoms with Crippen molar-refractivity contribution in [2.45, 2.75) is 27.2 Å². The van der Waals surface area contributed by atoms with Crippen molar-refractivity contribution < 1.29 is 0 Å². The Kier molecular flexibility index (Phi) is 5.05. The molecule has 0 aliphatic heterocycles. The van der Waals surface area contributed by atoms with Crippen LogP contribution in [0.5, 0.6) is 0 Å². The van der Waals surface area contributed by atoms with Crippen LogP contribution in [0.4, 0.5) is 0 Å². The van der Waals surface area contributed by atoms with Crippen LogP contribution in [0, 0.1) is 0 Å². The van der Waals surface area contributed by atoms with Crippen LogP contribution in [0.1, 0.15) is 32.8 Å². The minimum atomic E-state index is 0.962. The molecule has 0 atom stereocenters. The molecule has 80 valence electrons. The standard InChI is InChI=1S/C13H17NS/c1-4-13(14-10-15-11(2)3)12-8-6-5-7-9-12/h5-10H,4H2,1-3H3. The molecule has 1 aromatic carbocycles. The van der Waals surface area contributed by atoms with E-state index in [4.69, 9.17) is 0 Å². The quantitative estimate of drug-likeness (QED) is 0.544. The van der Waals surface area contributed by atoms with Gasteiger partial charge in [0.15, 0.2) is 0 Å². The third-order valence-corrected chi connectivity index (χ3v) is 2.62. The minimum absolute atomic E-state index is 0.962. The van der Waals surface area contributed by atoms with E-state index in [1.165, 1.54) is 10.4 Å². The highest BCUT2D eigenvalue weighted by atomic mass is 32.1. The Morgan fingerprint density at radius 1 is 1.27 bits per heavy atom. The van der Waals surface area contributed by atoms with Gasteiger partial charge in [0.2, 0.25) is 0 Å². The van der Waals surface area contributed by atoms with Crippen molar-refractivity contribution in [3.63, 3.8) is 0 Å². The maximum absolute atomic E-state index is 4.49. The van der Waals surface area contributed by atoms with Crippen LogP contribution in [0.25, 0.3) is 0 Å². The highest BCUT2D eigenvalue weighted by Gasteiger charge is 1.97. The molecular formula is C13H17NS. The Labute approximate surface area is 95.4 Å². The summed E-state index contributed by atoms with van der Waals surface area (Å²) in [5, 5.41) is 0. The van der Waals surface area contributed by atoms with Gasteiger partial charge in [-0.1, -0.05) is 37.3 Å². The average molecular weight is 219 g/mol. The van der Waals surface area contributed by atoms with E-state index in [9.17, 15) is 0 Å². The Balaban J connectivity index is 2.95. The van der Waals surface area contributed by atoms with E-state index in [0.29, 0.717) is 0 Å². The van der Waals surface area contributed by atoms with Crippen molar-refractivity contribution in [3.05, 3.63) is 35.9 Å². The highest BCUT2D eigenvalue weighted by molar-refractivity contribution is 7.96. The lowest BCUT2D eigenvalue weighted by Gasteiger charge is -2.00. The molecule has 0 aliphatic carbocycles. The molecule has 2 heteroatoms. The summed E-state index contributed by atoms with van der Waals surface area (Å²) in [6.45, 7) is 6.31. The number of nitrogens with zero attached hydrogens (tertiary/aromatic N) is 1. The monoisotopic (exact) mass is 219 g/mol. The van der Waals surface area contributed by atoms with Gasteiger partial charge in [-0.2, -0.15) is 0 Å². The van der Waals surface area contributed by atoms with E-state index in [1.54, 1.807) is 10.9 Å². The maximum atomic E-state index is 4.49. The lowest BCUT2D eigenvalue weighted by atomic mass is 10.1.